The van der Waals surface area contributed by atoms with E-state index in [9.17, 15) is 13.6 Å². The van der Waals surface area contributed by atoms with E-state index in [4.69, 9.17) is 5.11 Å². The van der Waals surface area contributed by atoms with Crippen molar-refractivity contribution in [3.63, 3.8) is 0 Å². The third kappa shape index (κ3) is 2.56. The molecule has 1 aromatic heterocycles. The zero-order valence-electron chi connectivity index (χ0n) is 10.9. The fourth-order valence-electron chi connectivity index (χ4n) is 2.42. The van der Waals surface area contributed by atoms with E-state index in [0.29, 0.717) is 24.5 Å². The molecule has 0 saturated heterocycles. The Hall–Kier alpha value is -2.51. The summed E-state index contributed by atoms with van der Waals surface area (Å²) in [7, 11) is 0. The lowest BCUT2D eigenvalue weighted by atomic mass is 10.0. The second-order valence-corrected chi connectivity index (χ2v) is 4.76. The van der Waals surface area contributed by atoms with E-state index >= 15 is 0 Å². The Morgan fingerprint density at radius 2 is 2.29 bits per heavy atom. The average molecular weight is 294 g/mol. The molecule has 1 aliphatic rings. The van der Waals surface area contributed by atoms with Crippen molar-refractivity contribution in [1.82, 2.24) is 14.8 Å². The lowest BCUT2D eigenvalue weighted by Gasteiger charge is -2.25. The molecule has 1 atom stereocenters. The van der Waals surface area contributed by atoms with Crippen molar-refractivity contribution in [2.45, 2.75) is 18.9 Å². The maximum atomic E-state index is 13.9. The number of carboxylic acid groups (broad SMARTS) is 1. The summed E-state index contributed by atoms with van der Waals surface area (Å²) in [5, 5.41) is 15.9. The number of aliphatic carboxylic acids is 1. The molecule has 0 aliphatic carbocycles. The molecule has 110 valence electrons. The van der Waals surface area contributed by atoms with Gasteiger partial charge in [0.2, 0.25) is 5.95 Å². The van der Waals surface area contributed by atoms with Gasteiger partial charge >= 0.3 is 5.97 Å². The topological polar surface area (TPSA) is 80.0 Å². The van der Waals surface area contributed by atoms with Gasteiger partial charge in [-0.1, -0.05) is 6.07 Å². The lowest BCUT2D eigenvalue weighted by Crippen LogP contribution is -2.25. The summed E-state index contributed by atoms with van der Waals surface area (Å²) in [4.78, 5) is 14.8. The molecule has 1 aromatic carbocycles. The molecule has 2 N–H and O–H groups in total. The number of nitrogens with zero attached hydrogens (tertiary/aromatic N) is 3. The largest absolute Gasteiger partial charge is 0.481 e. The van der Waals surface area contributed by atoms with Crippen molar-refractivity contribution in [3.05, 3.63) is 41.2 Å². The van der Waals surface area contributed by atoms with Gasteiger partial charge in [-0.25, -0.2) is 13.5 Å². The van der Waals surface area contributed by atoms with Crippen molar-refractivity contribution in [1.29, 1.82) is 0 Å². The van der Waals surface area contributed by atoms with Crippen LogP contribution >= 0.6 is 0 Å². The molecular formula is C13H12F2N4O2. The highest BCUT2D eigenvalue weighted by Gasteiger charge is 2.27. The molecular weight excluding hydrogens is 282 g/mol. The van der Waals surface area contributed by atoms with Crippen LogP contribution in [-0.4, -0.2) is 32.4 Å². The van der Waals surface area contributed by atoms with Gasteiger partial charge in [-0.3, -0.25) is 4.79 Å². The van der Waals surface area contributed by atoms with Gasteiger partial charge in [-0.15, -0.1) is 0 Å². The minimum Gasteiger partial charge on any atom is -0.481 e. The minimum absolute atomic E-state index is 0.152. The highest BCUT2D eigenvalue weighted by Crippen LogP contribution is 2.30. The number of aromatic nitrogens is 3. The number of anilines is 1. The van der Waals surface area contributed by atoms with Gasteiger partial charge in [0.15, 0.2) is 5.82 Å². The molecule has 0 amide bonds. The van der Waals surface area contributed by atoms with Crippen LogP contribution < -0.4 is 5.32 Å². The van der Waals surface area contributed by atoms with Gasteiger partial charge < -0.3 is 10.4 Å². The molecule has 0 saturated carbocycles. The molecule has 2 aromatic rings. The van der Waals surface area contributed by atoms with Gasteiger partial charge in [-0.05, 0) is 12.5 Å². The normalized spacial score (nSPS) is 17.1. The Balaban J connectivity index is 1.99. The summed E-state index contributed by atoms with van der Waals surface area (Å²) in [5.74, 6) is -1.79. The number of hydrogen-bond donors (Lipinski definition) is 2. The van der Waals surface area contributed by atoms with E-state index < -0.39 is 23.6 Å². The zero-order chi connectivity index (χ0) is 15.0. The molecule has 0 spiro atoms. The van der Waals surface area contributed by atoms with Crippen LogP contribution in [0.1, 0.15) is 23.9 Å². The number of halogens is 2. The number of benzene rings is 1. The number of carboxylic acids is 1. The van der Waals surface area contributed by atoms with Gasteiger partial charge in [0.1, 0.15) is 18.1 Å². The molecule has 2 heterocycles. The van der Waals surface area contributed by atoms with Crippen LogP contribution in [0.4, 0.5) is 14.7 Å². The molecule has 0 radical (unpaired) electrons. The summed E-state index contributed by atoms with van der Waals surface area (Å²) in [6.45, 7) is 0.548. The Morgan fingerprint density at radius 3 is 3.00 bits per heavy atom. The van der Waals surface area contributed by atoms with Crippen LogP contribution in [0.25, 0.3) is 0 Å². The Bertz CT molecular complexity index is 701. The maximum Gasteiger partial charge on any atom is 0.311 e. The van der Waals surface area contributed by atoms with Gasteiger partial charge in [-0.2, -0.15) is 10.1 Å². The van der Waals surface area contributed by atoms with E-state index in [2.05, 4.69) is 15.4 Å². The highest BCUT2D eigenvalue weighted by molar-refractivity contribution is 5.69. The second kappa shape index (κ2) is 5.12. The molecule has 1 unspecified atom stereocenters. The zero-order valence-corrected chi connectivity index (χ0v) is 10.9. The third-order valence-corrected chi connectivity index (χ3v) is 3.30. The smallest absolute Gasteiger partial charge is 0.311 e. The van der Waals surface area contributed by atoms with Gasteiger partial charge in [0, 0.05) is 18.2 Å². The fourth-order valence-corrected chi connectivity index (χ4v) is 2.42. The van der Waals surface area contributed by atoms with Crippen LogP contribution in [0.15, 0.2) is 18.2 Å². The SMILES string of the molecule is O=C(O)Cc1nc2n(n1)C(c1ccc(F)cc1F)CCN2. The molecule has 8 heteroatoms. The quantitative estimate of drug-likeness (QED) is 0.898. The molecule has 0 fully saturated rings. The molecule has 6 nitrogen and oxygen atoms in total. The monoisotopic (exact) mass is 294 g/mol. The number of nitrogens with one attached hydrogen (secondary N) is 1. The average Bonchev–Trinajstić information content (AvgIpc) is 2.80. The van der Waals surface area contributed by atoms with Crippen LogP contribution in [0.5, 0.6) is 0 Å². The first-order valence-corrected chi connectivity index (χ1v) is 6.40. The minimum atomic E-state index is -1.04. The first kappa shape index (κ1) is 13.5. The second-order valence-electron chi connectivity index (χ2n) is 4.76. The van der Waals surface area contributed by atoms with Crippen molar-refractivity contribution in [3.8, 4) is 0 Å². The fraction of sp³-hybridized carbons (Fsp3) is 0.308. The van der Waals surface area contributed by atoms with Crippen molar-refractivity contribution in [2.75, 3.05) is 11.9 Å². The van der Waals surface area contributed by atoms with Gasteiger partial charge in [0.05, 0.1) is 6.04 Å². The summed E-state index contributed by atoms with van der Waals surface area (Å²) < 4.78 is 28.4. The summed E-state index contributed by atoms with van der Waals surface area (Å²) >= 11 is 0. The van der Waals surface area contributed by atoms with E-state index in [1.807, 2.05) is 0 Å². The van der Waals surface area contributed by atoms with Crippen LogP contribution in [-0.2, 0) is 11.2 Å². The van der Waals surface area contributed by atoms with Crippen LogP contribution in [0.3, 0.4) is 0 Å². The highest BCUT2D eigenvalue weighted by atomic mass is 19.1. The van der Waals surface area contributed by atoms with Gasteiger partial charge in [0.25, 0.3) is 0 Å². The van der Waals surface area contributed by atoms with E-state index in [1.165, 1.54) is 16.8 Å². The van der Waals surface area contributed by atoms with Crippen LogP contribution in [0.2, 0.25) is 0 Å². The number of rotatable bonds is 3. The number of hydrogen-bond acceptors (Lipinski definition) is 4. The standard InChI is InChI=1S/C13H12F2N4O2/c14-7-1-2-8(9(15)5-7)10-3-4-16-13-17-11(6-12(20)21)18-19(10)13/h1-2,5,10H,3-4,6H2,(H,20,21)(H,16,17,18). The van der Waals surface area contributed by atoms with Crippen molar-refractivity contribution in [2.24, 2.45) is 0 Å². The Morgan fingerprint density at radius 1 is 1.48 bits per heavy atom. The summed E-state index contributed by atoms with van der Waals surface area (Å²) in [6.07, 6.45) is 0.242. The van der Waals surface area contributed by atoms with E-state index in [1.54, 1.807) is 0 Å². The summed E-state index contributed by atoms with van der Waals surface area (Å²) in [6, 6.07) is 2.96. The Kier molecular flexibility index (Phi) is 3.28. The lowest BCUT2D eigenvalue weighted by molar-refractivity contribution is -0.136. The summed E-state index contributed by atoms with van der Waals surface area (Å²) in [5.41, 5.74) is 0.311. The Labute approximate surface area is 118 Å². The van der Waals surface area contributed by atoms with Crippen molar-refractivity contribution < 1.29 is 18.7 Å². The van der Waals surface area contributed by atoms with Crippen LogP contribution in [0, 0.1) is 11.6 Å². The first-order chi connectivity index (χ1) is 10.0. The number of fused-ring (bicyclic) bond motifs is 1. The predicted octanol–water partition coefficient (Wildman–Crippen LogP) is 1.59. The molecule has 21 heavy (non-hydrogen) atoms. The first-order valence-electron chi connectivity index (χ1n) is 6.40. The van der Waals surface area contributed by atoms with E-state index in [0.717, 1.165) is 6.07 Å². The predicted molar refractivity (Wildman–Crippen MR) is 69.0 cm³/mol. The van der Waals surface area contributed by atoms with Crippen molar-refractivity contribution >= 4 is 11.9 Å². The van der Waals surface area contributed by atoms with E-state index in [-0.39, 0.29) is 12.2 Å². The molecule has 0 bridgehead atoms. The molecule has 1 aliphatic heterocycles. The molecule has 3 rings (SSSR count). The maximum absolute atomic E-state index is 13.9. The third-order valence-electron chi connectivity index (χ3n) is 3.30. The number of carbonyl (C=O) groups is 1.